The van der Waals surface area contributed by atoms with Crippen molar-refractivity contribution in [1.29, 1.82) is 0 Å². The number of benzene rings is 2. The molecule has 8 heteroatoms. The average molecular weight is 425 g/mol. The van der Waals surface area contributed by atoms with Crippen molar-refractivity contribution in [2.45, 2.75) is 20.3 Å². The molecule has 0 radical (unpaired) electrons. The Morgan fingerprint density at radius 2 is 1.77 bits per heavy atom. The second-order valence-corrected chi connectivity index (χ2v) is 7.17. The van der Waals surface area contributed by atoms with Crippen LogP contribution in [0.4, 0.5) is 5.69 Å². The van der Waals surface area contributed by atoms with E-state index in [-0.39, 0.29) is 11.0 Å². The summed E-state index contributed by atoms with van der Waals surface area (Å²) in [5, 5.41) is 13.1. The Hall–Kier alpha value is -3.39. The Balaban J connectivity index is 1.60. The number of nitrogens with one attached hydrogen (secondary N) is 3. The number of carbonyl (C=O) groups is 1. The normalized spacial score (nSPS) is 10.4. The number of hydrogen-bond acceptors (Lipinski definition) is 5. The van der Waals surface area contributed by atoms with Gasteiger partial charge in [0, 0.05) is 28.9 Å². The van der Waals surface area contributed by atoms with Crippen molar-refractivity contribution in [2.24, 2.45) is 0 Å². The molecule has 0 aliphatic heterocycles. The van der Waals surface area contributed by atoms with Crippen LogP contribution in [0.2, 0.25) is 0 Å². The number of rotatable bonds is 6. The minimum absolute atomic E-state index is 0.212. The zero-order chi connectivity index (χ0) is 21.7. The maximum absolute atomic E-state index is 12.5. The molecule has 0 aliphatic rings. The zero-order valence-corrected chi connectivity index (χ0v) is 18.1. The number of amides is 1. The van der Waals surface area contributed by atoms with Crippen molar-refractivity contribution < 1.29 is 14.3 Å². The van der Waals surface area contributed by atoms with Crippen molar-refractivity contribution in [3.05, 3.63) is 70.5 Å². The van der Waals surface area contributed by atoms with Crippen molar-refractivity contribution in [3.8, 4) is 11.5 Å². The van der Waals surface area contributed by atoms with Crippen LogP contribution in [0.5, 0.6) is 11.5 Å². The molecule has 1 amide bonds. The van der Waals surface area contributed by atoms with Crippen LogP contribution < -0.4 is 20.1 Å². The number of nitrogens with zero attached hydrogens (tertiary/aromatic N) is 1. The van der Waals surface area contributed by atoms with Gasteiger partial charge in [-0.2, -0.15) is 5.10 Å². The smallest absolute Gasteiger partial charge is 0.257 e. The highest BCUT2D eigenvalue weighted by Crippen LogP contribution is 2.27. The van der Waals surface area contributed by atoms with Gasteiger partial charge in [-0.15, -0.1) is 0 Å². The monoisotopic (exact) mass is 424 g/mol. The molecule has 30 heavy (non-hydrogen) atoms. The van der Waals surface area contributed by atoms with Gasteiger partial charge in [0.25, 0.3) is 5.91 Å². The minimum atomic E-state index is -0.337. The van der Waals surface area contributed by atoms with Gasteiger partial charge in [0.15, 0.2) is 16.6 Å². The summed E-state index contributed by atoms with van der Waals surface area (Å²) in [6, 6.07) is 12.8. The zero-order valence-electron chi connectivity index (χ0n) is 17.3. The molecule has 3 rings (SSSR count). The summed E-state index contributed by atoms with van der Waals surface area (Å²) in [4.78, 5) is 12.5. The van der Waals surface area contributed by atoms with E-state index in [1.807, 2.05) is 38.1 Å². The molecule has 0 bridgehead atoms. The first kappa shape index (κ1) is 21.3. The molecule has 156 valence electrons. The lowest BCUT2D eigenvalue weighted by molar-refractivity contribution is 0.0977. The molecule has 1 aromatic heterocycles. The largest absolute Gasteiger partial charge is 0.493 e. The number of aryl methyl sites for hydroxylation is 2. The van der Waals surface area contributed by atoms with Crippen LogP contribution >= 0.6 is 12.2 Å². The number of ether oxygens (including phenoxy) is 2. The van der Waals surface area contributed by atoms with E-state index >= 15 is 0 Å². The first-order valence-electron chi connectivity index (χ1n) is 9.35. The van der Waals surface area contributed by atoms with E-state index in [9.17, 15) is 4.79 Å². The molecule has 2 aromatic carbocycles. The van der Waals surface area contributed by atoms with Gasteiger partial charge in [-0.25, -0.2) is 0 Å². The standard InChI is InChI=1S/C22H24N4O3S/c1-13-18(14(2)26-25-13)11-15-5-8-17(9-6-15)23-22(30)24-21(27)16-7-10-19(28-3)20(12-16)29-4/h5-10,12H,11H2,1-4H3,(H,25,26)(H2,23,24,27,30). The van der Waals surface area contributed by atoms with Crippen LogP contribution in [0.3, 0.4) is 0 Å². The molecule has 7 nitrogen and oxygen atoms in total. The van der Waals surface area contributed by atoms with Gasteiger partial charge in [0.05, 0.1) is 19.9 Å². The number of thiocarbonyl (C=S) groups is 1. The Kier molecular flexibility index (Phi) is 6.68. The molecule has 0 fully saturated rings. The predicted octanol–water partition coefficient (Wildman–Crippen LogP) is 3.76. The van der Waals surface area contributed by atoms with Crippen LogP contribution in [0.15, 0.2) is 42.5 Å². The lowest BCUT2D eigenvalue weighted by Gasteiger charge is -2.12. The van der Waals surface area contributed by atoms with Gasteiger partial charge >= 0.3 is 0 Å². The van der Waals surface area contributed by atoms with Crippen molar-refractivity contribution >= 4 is 28.9 Å². The fourth-order valence-corrected chi connectivity index (χ4v) is 3.27. The molecule has 1 heterocycles. The Morgan fingerprint density at radius 1 is 1.07 bits per heavy atom. The average Bonchev–Trinajstić information content (AvgIpc) is 3.06. The molecule has 3 N–H and O–H groups in total. The van der Waals surface area contributed by atoms with Gasteiger partial charge in [-0.05, 0) is 62.0 Å². The molecule has 3 aromatic rings. The fraction of sp³-hybridized carbons (Fsp3) is 0.227. The summed E-state index contributed by atoms with van der Waals surface area (Å²) in [5.41, 5.74) is 5.65. The third-order valence-corrected chi connectivity index (χ3v) is 4.95. The third-order valence-electron chi connectivity index (χ3n) is 4.75. The Labute approximate surface area is 180 Å². The van der Waals surface area contributed by atoms with E-state index in [0.717, 1.165) is 29.1 Å². The van der Waals surface area contributed by atoms with E-state index in [1.54, 1.807) is 25.3 Å². The van der Waals surface area contributed by atoms with E-state index in [1.165, 1.54) is 12.7 Å². The van der Waals surface area contributed by atoms with E-state index in [2.05, 4.69) is 20.8 Å². The topological polar surface area (TPSA) is 88.3 Å². The summed E-state index contributed by atoms with van der Waals surface area (Å²) in [6.07, 6.45) is 0.801. The molecule has 0 aliphatic carbocycles. The van der Waals surface area contributed by atoms with Crippen LogP contribution in [0.1, 0.15) is 32.9 Å². The number of hydrogen-bond donors (Lipinski definition) is 3. The molecular weight excluding hydrogens is 400 g/mol. The van der Waals surface area contributed by atoms with Crippen LogP contribution in [0, 0.1) is 13.8 Å². The SMILES string of the molecule is COc1ccc(C(=O)NC(=S)Nc2ccc(Cc3c(C)n[nH]c3C)cc2)cc1OC. The van der Waals surface area contributed by atoms with Crippen LogP contribution in [0.25, 0.3) is 0 Å². The highest BCUT2D eigenvalue weighted by molar-refractivity contribution is 7.80. The lowest BCUT2D eigenvalue weighted by atomic mass is 10.0. The molecule has 0 saturated heterocycles. The number of methoxy groups -OCH3 is 2. The summed E-state index contributed by atoms with van der Waals surface area (Å²) < 4.78 is 10.4. The van der Waals surface area contributed by atoms with E-state index < -0.39 is 0 Å². The second-order valence-electron chi connectivity index (χ2n) is 6.76. The quantitative estimate of drug-likeness (QED) is 0.522. The van der Waals surface area contributed by atoms with Crippen LogP contribution in [-0.2, 0) is 6.42 Å². The minimum Gasteiger partial charge on any atom is -0.493 e. The summed E-state index contributed by atoms with van der Waals surface area (Å²) in [6.45, 7) is 4.01. The maximum atomic E-state index is 12.5. The van der Waals surface area contributed by atoms with Crippen molar-refractivity contribution in [1.82, 2.24) is 15.5 Å². The Morgan fingerprint density at radius 3 is 2.37 bits per heavy atom. The number of anilines is 1. The summed E-state index contributed by atoms with van der Waals surface area (Å²) >= 11 is 5.27. The third kappa shape index (κ3) is 4.96. The first-order chi connectivity index (χ1) is 14.4. The van der Waals surface area contributed by atoms with E-state index in [4.69, 9.17) is 21.7 Å². The second kappa shape index (κ2) is 9.41. The molecular formula is C22H24N4O3S. The number of carbonyl (C=O) groups excluding carboxylic acids is 1. The van der Waals surface area contributed by atoms with Crippen LogP contribution in [-0.4, -0.2) is 35.4 Å². The highest BCUT2D eigenvalue weighted by atomic mass is 32.1. The maximum Gasteiger partial charge on any atom is 0.257 e. The van der Waals surface area contributed by atoms with Gasteiger partial charge in [0.2, 0.25) is 0 Å². The lowest BCUT2D eigenvalue weighted by Crippen LogP contribution is -2.34. The summed E-state index contributed by atoms with van der Waals surface area (Å²) in [7, 11) is 3.06. The van der Waals surface area contributed by atoms with Gasteiger partial charge in [-0.1, -0.05) is 12.1 Å². The Bertz CT molecular complexity index is 1040. The van der Waals surface area contributed by atoms with E-state index in [0.29, 0.717) is 17.1 Å². The molecule has 0 spiro atoms. The van der Waals surface area contributed by atoms with Gasteiger partial charge in [0.1, 0.15) is 0 Å². The number of aromatic amines is 1. The fourth-order valence-electron chi connectivity index (χ4n) is 3.06. The number of aromatic nitrogens is 2. The van der Waals surface area contributed by atoms with Gasteiger partial charge < -0.3 is 14.8 Å². The summed E-state index contributed by atoms with van der Waals surface area (Å²) in [5.74, 6) is 0.689. The number of H-pyrrole nitrogens is 1. The first-order valence-corrected chi connectivity index (χ1v) is 9.75. The molecule has 0 unspecified atom stereocenters. The predicted molar refractivity (Wildman–Crippen MR) is 121 cm³/mol. The molecule has 0 atom stereocenters. The van der Waals surface area contributed by atoms with Crippen molar-refractivity contribution in [2.75, 3.05) is 19.5 Å². The van der Waals surface area contributed by atoms with Gasteiger partial charge in [-0.3, -0.25) is 15.2 Å². The van der Waals surface area contributed by atoms with Crippen molar-refractivity contribution in [3.63, 3.8) is 0 Å². The molecule has 0 saturated carbocycles. The highest BCUT2D eigenvalue weighted by Gasteiger charge is 2.12.